The number of aliphatic hydroxyl groups excluding tert-OH is 2. The number of ether oxygens (including phenoxy) is 6. The molecule has 58 heavy (non-hydrogen) atoms. The maximum atomic E-state index is 13.7. The van der Waals surface area contributed by atoms with Crippen LogP contribution in [0.15, 0.2) is 35.4 Å². The molecule has 0 amide bonds. The number of hydrogen-bond donors (Lipinski definition) is 6. The number of Topliss-reactive ketones (excluding diaryl/α,β-unsaturated/α-hetero) is 2. The fourth-order valence-electron chi connectivity index (χ4n) is 9.14. The lowest BCUT2D eigenvalue weighted by Crippen LogP contribution is -2.62. The van der Waals surface area contributed by atoms with E-state index in [0.29, 0.717) is 0 Å². The van der Waals surface area contributed by atoms with E-state index in [4.69, 9.17) is 28.4 Å². The van der Waals surface area contributed by atoms with Gasteiger partial charge in [0.15, 0.2) is 59.0 Å². The normalized spacial score (nSPS) is 33.3. The minimum absolute atomic E-state index is 0.101. The highest BCUT2D eigenvalue weighted by Crippen LogP contribution is 2.61. The minimum atomic E-state index is -1.93. The van der Waals surface area contributed by atoms with E-state index in [1.54, 1.807) is 0 Å². The average molecular weight is 807 g/mol. The number of fused-ring (bicyclic) bond motifs is 6. The maximum Gasteiger partial charge on any atom is 0.320 e. The summed E-state index contributed by atoms with van der Waals surface area (Å²) in [6.07, 6.45) is -5.49. The van der Waals surface area contributed by atoms with Crippen LogP contribution in [-0.2, 0) is 47.7 Å². The lowest BCUT2D eigenvalue weighted by molar-refractivity contribution is -0.177. The molecule has 18 heteroatoms. The van der Waals surface area contributed by atoms with Gasteiger partial charge >= 0.3 is 23.9 Å². The first-order valence-electron chi connectivity index (χ1n) is 18.4. The molecule has 4 aliphatic heterocycles. The van der Waals surface area contributed by atoms with Crippen LogP contribution in [0.5, 0.6) is 23.0 Å². The van der Waals surface area contributed by atoms with Gasteiger partial charge in [-0.05, 0) is 64.8 Å². The Morgan fingerprint density at radius 1 is 0.638 bits per heavy atom. The number of carboxylic acids is 2. The van der Waals surface area contributed by atoms with Gasteiger partial charge in [0, 0.05) is 11.1 Å². The van der Waals surface area contributed by atoms with Gasteiger partial charge in [0.2, 0.25) is 0 Å². The predicted molar refractivity (Wildman–Crippen MR) is 192 cm³/mol. The number of epoxide rings is 2. The van der Waals surface area contributed by atoms with Crippen LogP contribution in [0, 0.1) is 11.8 Å². The number of ketones is 2. The molecule has 0 spiro atoms. The number of aliphatic hydroxyl groups is 2. The van der Waals surface area contributed by atoms with E-state index in [0.717, 1.165) is 0 Å². The summed E-state index contributed by atoms with van der Waals surface area (Å²) in [5, 5.41) is 66.1. The number of carbonyl (C=O) groups excluding carboxylic acids is 4. The Hall–Kier alpha value is -6.14. The summed E-state index contributed by atoms with van der Waals surface area (Å²) in [4.78, 5) is 77.1. The first-order valence-corrected chi connectivity index (χ1v) is 18.4. The number of carbonyl (C=O) groups is 6. The summed E-state index contributed by atoms with van der Waals surface area (Å²) in [5.41, 5.74) is -8.69. The smallest absolute Gasteiger partial charge is 0.320 e. The van der Waals surface area contributed by atoms with Crippen LogP contribution in [-0.4, -0.2) is 113 Å². The van der Waals surface area contributed by atoms with Gasteiger partial charge in [0.25, 0.3) is 0 Å². The predicted octanol–water partition coefficient (Wildman–Crippen LogP) is 3.13. The topological polar surface area (TPSA) is 286 Å². The molecular formula is C40H38O18. The van der Waals surface area contributed by atoms with Crippen LogP contribution in [0.25, 0.3) is 22.6 Å². The van der Waals surface area contributed by atoms with E-state index in [2.05, 4.69) is 0 Å². The highest BCUT2D eigenvalue weighted by Gasteiger charge is 2.77. The van der Waals surface area contributed by atoms with Crippen molar-refractivity contribution in [1.29, 1.82) is 0 Å². The summed E-state index contributed by atoms with van der Waals surface area (Å²) in [5.74, 6) is -13.0. The number of aromatic hydroxyl groups is 2. The molecule has 0 bridgehead atoms. The van der Waals surface area contributed by atoms with Crippen molar-refractivity contribution in [3.8, 4) is 34.1 Å². The minimum Gasteiger partial charge on any atom is -0.506 e. The molecule has 2 saturated carbocycles. The van der Waals surface area contributed by atoms with Gasteiger partial charge in [-0.2, -0.15) is 0 Å². The molecule has 2 aromatic carbocycles. The fourth-order valence-corrected chi connectivity index (χ4v) is 9.14. The number of rotatable bonds is 9. The molecule has 2 unspecified atom stereocenters. The highest BCUT2D eigenvalue weighted by atomic mass is 16.7. The van der Waals surface area contributed by atoms with E-state index in [1.165, 1.54) is 65.8 Å². The molecule has 8 rings (SSSR count). The standard InChI is InChI=1S/C40H38O18/c1-7-13(31(47)48)33(51)53-35-37(3)21(27(45)29-39(35,5)57-29)25(43)19-17(55-37)11-9-15(23(19)41)16-10-12-18-20(24(16)42)26(44)22-28(46)30-40(6,58-30)36(38(22,4)56-18)54-34(52)14(8-2)32(49)50/h9-14,29-30,35-36,41-44H,7-8H2,1-6H3,(H,47,48)(H,49,50)/t13?,14?,29-,30-,35+,36+,37+,38+,39-,40-/m0/s1. The zero-order chi connectivity index (χ0) is 42.3. The van der Waals surface area contributed by atoms with Gasteiger partial charge in [-0.3, -0.25) is 28.8 Å². The van der Waals surface area contributed by atoms with Crippen molar-refractivity contribution in [2.75, 3.05) is 0 Å². The van der Waals surface area contributed by atoms with Crippen molar-refractivity contribution in [3.63, 3.8) is 0 Å². The molecule has 6 aliphatic rings. The lowest BCUT2D eigenvalue weighted by Gasteiger charge is -2.45. The van der Waals surface area contributed by atoms with Crippen molar-refractivity contribution >= 4 is 47.0 Å². The highest BCUT2D eigenvalue weighted by molar-refractivity contribution is 6.13. The third-order valence-electron chi connectivity index (χ3n) is 12.3. The van der Waals surface area contributed by atoms with E-state index in [9.17, 15) is 59.4 Å². The summed E-state index contributed by atoms with van der Waals surface area (Å²) in [6, 6.07) is 5.16. The number of phenols is 2. The molecule has 10 atom stereocenters. The van der Waals surface area contributed by atoms with Gasteiger partial charge in [-0.25, -0.2) is 0 Å². The van der Waals surface area contributed by atoms with Crippen molar-refractivity contribution in [1.82, 2.24) is 0 Å². The summed E-state index contributed by atoms with van der Waals surface area (Å²) in [7, 11) is 0. The van der Waals surface area contributed by atoms with E-state index >= 15 is 0 Å². The Labute approximate surface area is 328 Å². The first kappa shape index (κ1) is 38.7. The Balaban J connectivity index is 1.19. The van der Waals surface area contributed by atoms with Crippen LogP contribution >= 0.6 is 0 Å². The second-order valence-corrected chi connectivity index (χ2v) is 15.9. The molecule has 2 saturated heterocycles. The molecule has 18 nitrogen and oxygen atoms in total. The molecule has 4 heterocycles. The van der Waals surface area contributed by atoms with Crippen LogP contribution in [0.4, 0.5) is 0 Å². The molecule has 0 radical (unpaired) electrons. The third kappa shape index (κ3) is 4.90. The maximum absolute atomic E-state index is 13.7. The summed E-state index contributed by atoms with van der Waals surface area (Å²) >= 11 is 0. The quantitative estimate of drug-likeness (QED) is 0.121. The second kappa shape index (κ2) is 12.2. The summed E-state index contributed by atoms with van der Waals surface area (Å²) < 4.78 is 35.2. The number of benzene rings is 2. The van der Waals surface area contributed by atoms with Crippen molar-refractivity contribution in [2.45, 2.75) is 101 Å². The molecule has 0 aromatic heterocycles. The van der Waals surface area contributed by atoms with Crippen molar-refractivity contribution in [2.24, 2.45) is 11.8 Å². The fraction of sp³-hybridized carbons (Fsp3) is 0.450. The Bertz CT molecular complexity index is 2210. The van der Waals surface area contributed by atoms with Gasteiger partial charge in [0.05, 0.1) is 11.1 Å². The SMILES string of the molecule is CCC(C(=O)O)C(=O)O[C@H]1[C@@]2(C)O[C@H]2C(=O)C2=C(O)c3c(ccc(-c4ccc5c(c4O)C(O)=C4C(=O)[C@@H]6O[C@]6(C)[C@H](OC(=O)C(CC)C(=O)O)[C@]4(C)O5)c3O)O[C@]21C. The summed E-state index contributed by atoms with van der Waals surface area (Å²) in [6.45, 7) is 8.63. The van der Waals surface area contributed by atoms with Crippen molar-refractivity contribution in [3.05, 3.63) is 46.5 Å². The Morgan fingerprint density at radius 2 is 0.983 bits per heavy atom. The van der Waals surface area contributed by atoms with E-state index < -0.39 is 139 Å². The van der Waals surface area contributed by atoms with Gasteiger partial charge in [0.1, 0.15) is 56.8 Å². The molecule has 6 N–H and O–H groups in total. The van der Waals surface area contributed by atoms with Crippen LogP contribution < -0.4 is 9.47 Å². The molecule has 4 fully saturated rings. The molecule has 2 aromatic rings. The average Bonchev–Trinajstić information content (AvgIpc) is 4.03. The Morgan fingerprint density at radius 3 is 1.29 bits per heavy atom. The van der Waals surface area contributed by atoms with E-state index in [-0.39, 0.29) is 35.5 Å². The van der Waals surface area contributed by atoms with Gasteiger partial charge in [-0.1, -0.05) is 13.8 Å². The number of phenolic OH excluding ortho intramolecular Hbond substituents is 2. The van der Waals surface area contributed by atoms with Crippen LogP contribution in [0.1, 0.15) is 65.5 Å². The zero-order valence-corrected chi connectivity index (χ0v) is 31.8. The van der Waals surface area contributed by atoms with Crippen LogP contribution in [0.3, 0.4) is 0 Å². The monoisotopic (exact) mass is 806 g/mol. The van der Waals surface area contributed by atoms with Gasteiger partial charge < -0.3 is 59.1 Å². The number of esters is 2. The molecular weight excluding hydrogens is 768 g/mol. The number of carboxylic acid groups (broad SMARTS) is 2. The van der Waals surface area contributed by atoms with Crippen molar-refractivity contribution < 1.29 is 87.8 Å². The number of hydrogen-bond acceptors (Lipinski definition) is 16. The largest absolute Gasteiger partial charge is 0.506 e. The van der Waals surface area contributed by atoms with E-state index in [1.807, 2.05) is 0 Å². The first-order chi connectivity index (χ1) is 27.1. The third-order valence-corrected chi connectivity index (χ3v) is 12.3. The molecule has 2 aliphatic carbocycles. The molecule has 306 valence electrons. The lowest BCUT2D eigenvalue weighted by atomic mass is 9.70. The zero-order valence-electron chi connectivity index (χ0n) is 31.8. The van der Waals surface area contributed by atoms with Gasteiger partial charge in [-0.15, -0.1) is 0 Å². The second-order valence-electron chi connectivity index (χ2n) is 15.9. The number of aliphatic carboxylic acids is 2. The Kier molecular flexibility index (Phi) is 8.14. The van der Waals surface area contributed by atoms with Crippen LogP contribution in [0.2, 0.25) is 0 Å².